The Balaban J connectivity index is 0.000000112. The molecule has 0 fully saturated rings. The van der Waals surface area contributed by atoms with E-state index in [-0.39, 0.29) is 90.8 Å². The molecule has 0 unspecified atom stereocenters. The fourth-order valence-electron chi connectivity index (χ4n) is 19.7. The number of rotatable bonds is 11. The van der Waals surface area contributed by atoms with Crippen molar-refractivity contribution in [3.63, 3.8) is 0 Å². The maximum atomic E-state index is 9.11. The van der Waals surface area contributed by atoms with Crippen LogP contribution >= 0.6 is 0 Å². The van der Waals surface area contributed by atoms with Gasteiger partial charge in [-0.2, -0.15) is 0 Å². The van der Waals surface area contributed by atoms with Crippen LogP contribution in [0.15, 0.2) is 467 Å². The molecule has 9 nitrogen and oxygen atoms in total. The van der Waals surface area contributed by atoms with E-state index in [0.29, 0.717) is 44.8 Å². The van der Waals surface area contributed by atoms with E-state index < -0.39 is 68.9 Å². The van der Waals surface area contributed by atoms with Crippen LogP contribution in [-0.2, 0) is 0 Å². The summed E-state index contributed by atoms with van der Waals surface area (Å²) in [5, 5.41) is 26.8. The van der Waals surface area contributed by atoms with Crippen molar-refractivity contribution in [2.45, 2.75) is 0 Å². The molecule has 0 bridgehead atoms. The van der Waals surface area contributed by atoms with Crippen molar-refractivity contribution in [3.8, 4) is 125 Å². The summed E-state index contributed by atoms with van der Waals surface area (Å²) in [5.74, 6) is 3.68. The van der Waals surface area contributed by atoms with Crippen LogP contribution in [0.4, 0.5) is 0 Å². The van der Waals surface area contributed by atoms with Crippen molar-refractivity contribution < 1.29 is 16.4 Å². The van der Waals surface area contributed by atoms with E-state index in [4.69, 9.17) is 51.3 Å². The van der Waals surface area contributed by atoms with Gasteiger partial charge in [-0.1, -0.05) is 18.2 Å². The van der Waals surface area contributed by atoms with Crippen molar-refractivity contribution in [2.75, 3.05) is 0 Å². The van der Waals surface area contributed by atoms with Crippen molar-refractivity contribution in [3.05, 3.63) is 467 Å². The van der Waals surface area contributed by atoms with Gasteiger partial charge in [0.15, 0.2) is 0 Å². The van der Waals surface area contributed by atoms with Gasteiger partial charge < -0.3 is 0 Å². The van der Waals surface area contributed by atoms with Gasteiger partial charge in [0.25, 0.3) is 0 Å². The Morgan fingerprint density at radius 1 is 0.142 bits per heavy atom. The van der Waals surface area contributed by atoms with Crippen LogP contribution in [0.1, 0.15) is 16.4 Å². The van der Waals surface area contributed by atoms with Crippen molar-refractivity contribution in [1.29, 1.82) is 0 Å². The minimum atomic E-state index is -0.885. The molecule has 141 heavy (non-hydrogen) atoms. The van der Waals surface area contributed by atoms with E-state index in [9.17, 15) is 0 Å². The van der Waals surface area contributed by atoms with E-state index in [1.807, 2.05) is 121 Å². The van der Waals surface area contributed by atoms with E-state index >= 15 is 0 Å². The first-order chi connectivity index (χ1) is 74.8. The van der Waals surface area contributed by atoms with Gasteiger partial charge in [-0.05, 0) is 0 Å². The van der Waals surface area contributed by atoms with E-state index in [2.05, 4.69) is 277 Å². The normalized spacial score (nSPS) is 12.9. The van der Waals surface area contributed by atoms with Crippen LogP contribution in [0.2, 0.25) is 0 Å². The summed E-state index contributed by atoms with van der Waals surface area (Å²) in [6, 6.07) is 133. The standard InChI is InChI=1S/2C45H27N3Se.C39H23N3Se/c1-3-11-30(12-4-1)43-46-44(31-13-5-2-6-14-31)48-45(47-43)33-22-25-38-39-17-9-16-35(42(39)49-41(38)27-33)32-19-18-29-21-23-36-34-15-8-7-10-28(34)20-24-37(36)40(29)26-32;1-3-11-30(12-4-1)43-46-44(31-13-5-2-6-14-31)48-45(47-43)33-22-25-41-40(27-33)38-17-9-16-35(42(38)49-41)32-19-18-29-21-23-36-34-15-8-7-10-28(34)20-24-37(36)39(29)26-32;1-2-10-26(11-3-1)37-40-38(42-39(41-37)33-15-8-14-32-31-13-6-7-16-35(31)43-36(32)33)27-18-17-25-20-21-29-28-12-5-4-9-24(28)19-22-30(29)34(25)23-27/h2*1-27H;1-23H/i;;1D,2D,3D,6D,7D,8D,10D,11D,13D,14D,15D,16D. The van der Waals surface area contributed by atoms with Gasteiger partial charge in [0.1, 0.15) is 0 Å². The molecule has 0 aliphatic heterocycles. The number of hydrogen-bond donors (Lipinski definition) is 0. The molecule has 29 rings (SSSR count). The number of aromatic nitrogens is 9. The number of fused-ring (bicyclic) bond motifs is 24. The summed E-state index contributed by atoms with van der Waals surface area (Å²) in [5.41, 5.74) is 11.2. The van der Waals surface area contributed by atoms with Crippen molar-refractivity contribution >= 4 is 198 Å². The van der Waals surface area contributed by atoms with E-state index in [0.717, 1.165) is 65.7 Å². The molecular weight excluding hydrogens is 1910 g/mol. The maximum absolute atomic E-state index is 9.11. The molecule has 0 aliphatic rings. The molecule has 6 aromatic heterocycles. The minimum absolute atomic E-state index is 0.000892. The first-order valence-corrected chi connectivity index (χ1v) is 51.4. The van der Waals surface area contributed by atoms with Gasteiger partial charge in [0.05, 0.1) is 0 Å². The van der Waals surface area contributed by atoms with Crippen LogP contribution in [-0.4, -0.2) is 88.4 Å². The Morgan fingerprint density at radius 3 is 0.915 bits per heavy atom. The van der Waals surface area contributed by atoms with E-state index in [1.54, 1.807) is 6.07 Å². The Labute approximate surface area is 845 Å². The molecule has 0 saturated carbocycles. The molecule has 23 aromatic carbocycles. The molecule has 0 radical (unpaired) electrons. The van der Waals surface area contributed by atoms with Crippen LogP contribution in [0, 0.1) is 0 Å². The average molecular weight is 2000 g/mol. The third-order valence-corrected chi connectivity index (χ3v) is 34.0. The van der Waals surface area contributed by atoms with Crippen LogP contribution in [0.5, 0.6) is 0 Å². The van der Waals surface area contributed by atoms with Crippen LogP contribution in [0.25, 0.3) is 280 Å². The summed E-state index contributed by atoms with van der Waals surface area (Å²) in [6.45, 7) is 0. The number of hydrogen-bond acceptors (Lipinski definition) is 9. The monoisotopic (exact) mass is 2000 g/mol. The molecule has 12 heteroatoms. The molecule has 0 amide bonds. The third kappa shape index (κ3) is 15.2. The van der Waals surface area contributed by atoms with Crippen LogP contribution < -0.4 is 0 Å². The molecule has 0 N–H and O–H groups in total. The Morgan fingerprint density at radius 2 is 0.447 bits per heavy atom. The fraction of sp³-hybridized carbons (Fsp3) is 0. The molecular formula is C129H77N9Se3. The van der Waals surface area contributed by atoms with Gasteiger partial charge >= 0.3 is 833 Å². The Hall–Kier alpha value is -17.0. The first-order valence-electron chi connectivity index (χ1n) is 52.3. The fourth-order valence-corrected chi connectivity index (χ4v) is 27.2. The zero-order valence-corrected chi connectivity index (χ0v) is 79.9. The zero-order chi connectivity index (χ0) is 103. The van der Waals surface area contributed by atoms with Gasteiger partial charge in [-0.3, -0.25) is 0 Å². The quantitative estimate of drug-likeness (QED) is 0.0922. The summed E-state index contributed by atoms with van der Waals surface area (Å²) < 4.78 is 109. The molecule has 656 valence electrons. The van der Waals surface area contributed by atoms with Gasteiger partial charge in [-0.15, -0.1) is 0 Å². The first kappa shape index (κ1) is 71.5. The second-order valence-corrected chi connectivity index (χ2v) is 41.3. The summed E-state index contributed by atoms with van der Waals surface area (Å²) in [4.78, 5) is 43.9. The second-order valence-electron chi connectivity index (χ2n) is 34.8. The van der Waals surface area contributed by atoms with Gasteiger partial charge in [0.2, 0.25) is 0 Å². The zero-order valence-electron chi connectivity index (χ0n) is 86.8. The molecule has 0 saturated heterocycles. The molecule has 0 atom stereocenters. The SMILES string of the molecule is [2H]c1c([2H])c([2H])c(-c2nc(-c3ccc4ccc5c6ccccc6ccc5c4c3)nc(-c3c([2H])c([2H])c([2H])c4c3[se]c3c([2H])c([2H])c([2H])c([2H])c34)n2)c([2H])c1[2H].c1ccc(-c2nc(-c3ccccc3)nc(-c3ccc4[se]c5c(-c6ccc7ccc8c9ccccc9ccc8c7c6)cccc5c4c3)n2)cc1.c1ccc(-c2nc(-c3ccccc3)nc(-c3ccc4c(c3)[se]c3c(-c5ccc6ccc7c8ccccc8ccc7c6c5)cccc34)n2)cc1. The predicted octanol–water partition coefficient (Wildman–Crippen LogP) is 32.4. The topological polar surface area (TPSA) is 116 Å². The summed E-state index contributed by atoms with van der Waals surface area (Å²) in [7, 11) is 0. The number of benzene rings is 23. The molecule has 29 aromatic rings. The van der Waals surface area contributed by atoms with Crippen LogP contribution in [0.3, 0.4) is 0 Å². The Kier molecular flexibility index (Phi) is 17.8. The summed E-state index contributed by atoms with van der Waals surface area (Å²) >= 11 is -0.587. The summed E-state index contributed by atoms with van der Waals surface area (Å²) in [6.07, 6.45) is 0. The second kappa shape index (κ2) is 35.2. The Bertz CT molecular complexity index is 10600. The average Bonchev–Trinajstić information content (AvgIpc) is 1.57. The van der Waals surface area contributed by atoms with Gasteiger partial charge in [0, 0.05) is 0 Å². The number of nitrogens with zero attached hydrogens (tertiary/aromatic N) is 9. The van der Waals surface area contributed by atoms with Gasteiger partial charge in [-0.25, -0.2) is 0 Å². The van der Waals surface area contributed by atoms with Crippen molar-refractivity contribution in [1.82, 2.24) is 44.9 Å². The predicted molar refractivity (Wildman–Crippen MR) is 593 cm³/mol. The third-order valence-electron chi connectivity index (χ3n) is 26.5. The van der Waals surface area contributed by atoms with E-state index in [1.165, 1.54) is 125 Å². The molecule has 0 spiro atoms. The van der Waals surface area contributed by atoms with Crippen molar-refractivity contribution in [2.24, 2.45) is 0 Å². The molecule has 6 heterocycles. The molecule has 0 aliphatic carbocycles.